The van der Waals surface area contributed by atoms with Crippen molar-refractivity contribution in [2.75, 3.05) is 25.5 Å². The molecule has 0 unspecified atom stereocenters. The molecular weight excluding hydrogens is 351 g/mol. The van der Waals surface area contributed by atoms with Crippen molar-refractivity contribution < 1.29 is 13.2 Å². The van der Waals surface area contributed by atoms with Gasteiger partial charge < -0.3 is 21.7 Å². The van der Waals surface area contributed by atoms with Crippen LogP contribution in [-0.4, -0.2) is 53.1 Å². The minimum atomic E-state index is -4.42. The first-order valence-electron chi connectivity index (χ1n) is 7.60. The van der Waals surface area contributed by atoms with E-state index in [1.807, 2.05) is 0 Å². The van der Waals surface area contributed by atoms with Gasteiger partial charge in [0.25, 0.3) is 0 Å². The van der Waals surface area contributed by atoms with Crippen LogP contribution in [0.15, 0.2) is 22.2 Å². The fourth-order valence-electron chi connectivity index (χ4n) is 1.82. The molecule has 0 spiro atoms. The van der Waals surface area contributed by atoms with Crippen LogP contribution in [0, 0.1) is 11.5 Å². The monoisotopic (exact) mass is 371 g/mol. The van der Waals surface area contributed by atoms with Gasteiger partial charge in [-0.3, -0.25) is 0 Å². The lowest BCUT2D eigenvalue weighted by Crippen LogP contribution is -2.34. The van der Waals surface area contributed by atoms with Crippen molar-refractivity contribution in [1.82, 2.24) is 14.9 Å². The maximum Gasteiger partial charge on any atom is 0.408 e. The van der Waals surface area contributed by atoms with Crippen molar-refractivity contribution in [3.63, 3.8) is 0 Å². The molecule has 142 valence electrons. The highest BCUT2D eigenvalue weighted by Crippen LogP contribution is 2.14. The number of aliphatic imine (C=N–C) groups is 2. The summed E-state index contributed by atoms with van der Waals surface area (Å²) in [5.74, 6) is 0.547. The summed E-state index contributed by atoms with van der Waals surface area (Å²) in [6, 6.07) is 1.48. The second-order valence-corrected chi connectivity index (χ2v) is 5.25. The van der Waals surface area contributed by atoms with Crippen molar-refractivity contribution in [3.05, 3.63) is 18.1 Å². The van der Waals surface area contributed by atoms with Crippen molar-refractivity contribution in [2.45, 2.75) is 25.4 Å². The standard InChI is InChI=1S/C14H20F3N9/c1-26(13(20)23-9-18)7-3-2-4-10-21-6-5-11(24-10)25-12(19)22-8-14(15,16)17/h5-6H,2-4,7-8H2,1H3,(H2,20,23)(H3,19,21,22,24,25). The van der Waals surface area contributed by atoms with E-state index in [9.17, 15) is 13.2 Å². The lowest BCUT2D eigenvalue weighted by Gasteiger charge is -2.16. The van der Waals surface area contributed by atoms with Crippen LogP contribution in [0.4, 0.5) is 19.0 Å². The zero-order valence-corrected chi connectivity index (χ0v) is 14.2. The molecule has 0 fully saturated rings. The van der Waals surface area contributed by atoms with Gasteiger partial charge >= 0.3 is 6.18 Å². The van der Waals surface area contributed by atoms with Crippen LogP contribution < -0.4 is 16.8 Å². The van der Waals surface area contributed by atoms with Crippen molar-refractivity contribution in [3.8, 4) is 6.19 Å². The largest absolute Gasteiger partial charge is 0.408 e. The van der Waals surface area contributed by atoms with E-state index in [1.54, 1.807) is 18.1 Å². The van der Waals surface area contributed by atoms with Gasteiger partial charge in [0.15, 0.2) is 5.96 Å². The number of nitrogens with zero attached hydrogens (tertiary/aromatic N) is 6. The molecule has 1 heterocycles. The number of nitrogens with two attached hydrogens (primary N) is 2. The second-order valence-electron chi connectivity index (χ2n) is 5.25. The molecule has 0 radical (unpaired) electrons. The summed E-state index contributed by atoms with van der Waals surface area (Å²) in [4.78, 5) is 16.5. The molecule has 0 saturated heterocycles. The predicted molar refractivity (Wildman–Crippen MR) is 91.0 cm³/mol. The molecule has 0 bridgehead atoms. The number of nitrogens with one attached hydrogen (secondary N) is 1. The average Bonchev–Trinajstić information content (AvgIpc) is 2.56. The molecule has 1 aromatic rings. The van der Waals surface area contributed by atoms with E-state index < -0.39 is 12.7 Å². The number of aromatic nitrogens is 2. The molecule has 0 saturated carbocycles. The Hall–Kier alpha value is -3.10. The molecule has 26 heavy (non-hydrogen) atoms. The molecule has 0 aliphatic heterocycles. The van der Waals surface area contributed by atoms with E-state index in [4.69, 9.17) is 16.7 Å². The Labute approximate surface area is 148 Å². The molecule has 0 aliphatic carbocycles. The SMILES string of the molecule is CN(CCCCc1nccc(NC(N)=NCC(F)(F)F)n1)C(N)=NC#N. The first-order valence-corrected chi connectivity index (χ1v) is 7.60. The smallest absolute Gasteiger partial charge is 0.370 e. The Morgan fingerprint density at radius 1 is 1.38 bits per heavy atom. The van der Waals surface area contributed by atoms with E-state index in [2.05, 4.69) is 25.3 Å². The highest BCUT2D eigenvalue weighted by atomic mass is 19.4. The maximum atomic E-state index is 12.1. The summed E-state index contributed by atoms with van der Waals surface area (Å²) < 4.78 is 36.3. The Morgan fingerprint density at radius 3 is 2.77 bits per heavy atom. The van der Waals surface area contributed by atoms with E-state index >= 15 is 0 Å². The summed E-state index contributed by atoms with van der Waals surface area (Å²) in [5.41, 5.74) is 11.0. The van der Waals surface area contributed by atoms with Gasteiger partial charge in [-0.05, 0) is 18.9 Å². The van der Waals surface area contributed by atoms with E-state index in [0.717, 1.165) is 12.8 Å². The molecule has 0 aromatic carbocycles. The Bertz CT molecular complexity index is 679. The Morgan fingerprint density at radius 2 is 2.12 bits per heavy atom. The minimum Gasteiger partial charge on any atom is -0.370 e. The summed E-state index contributed by atoms with van der Waals surface area (Å²) in [6.45, 7) is -0.762. The molecule has 12 heteroatoms. The molecule has 0 atom stereocenters. The third kappa shape index (κ3) is 8.67. The third-order valence-corrected chi connectivity index (χ3v) is 3.09. The second kappa shape index (κ2) is 10.0. The van der Waals surface area contributed by atoms with Gasteiger partial charge in [-0.2, -0.15) is 18.4 Å². The normalized spacial score (nSPS) is 12.6. The number of alkyl halides is 3. The number of guanidine groups is 2. The predicted octanol–water partition coefficient (Wildman–Crippen LogP) is 0.816. The molecule has 9 nitrogen and oxygen atoms in total. The van der Waals surface area contributed by atoms with Crippen LogP contribution in [0.1, 0.15) is 18.7 Å². The number of nitriles is 1. The van der Waals surface area contributed by atoms with E-state index in [0.29, 0.717) is 18.8 Å². The number of halogens is 3. The average molecular weight is 371 g/mol. The van der Waals surface area contributed by atoms with Crippen molar-refractivity contribution in [1.29, 1.82) is 5.26 Å². The highest BCUT2D eigenvalue weighted by Gasteiger charge is 2.26. The van der Waals surface area contributed by atoms with Crippen LogP contribution >= 0.6 is 0 Å². The van der Waals surface area contributed by atoms with Gasteiger partial charge in [0.1, 0.15) is 18.2 Å². The van der Waals surface area contributed by atoms with Gasteiger partial charge in [-0.15, -0.1) is 4.99 Å². The fraction of sp³-hybridized carbons (Fsp3) is 0.500. The minimum absolute atomic E-state index is 0.142. The highest BCUT2D eigenvalue weighted by molar-refractivity contribution is 5.91. The summed E-state index contributed by atoms with van der Waals surface area (Å²) in [7, 11) is 1.72. The van der Waals surface area contributed by atoms with Gasteiger partial charge in [-0.25, -0.2) is 15.0 Å². The number of hydrogen-bond acceptors (Lipinski definition) is 5. The van der Waals surface area contributed by atoms with Crippen LogP contribution in [0.2, 0.25) is 0 Å². The molecular formula is C14H20F3N9. The van der Waals surface area contributed by atoms with Gasteiger partial charge in [0, 0.05) is 26.2 Å². The number of rotatable bonds is 7. The van der Waals surface area contributed by atoms with E-state index in [-0.39, 0.29) is 17.7 Å². The van der Waals surface area contributed by atoms with Gasteiger partial charge in [0.05, 0.1) is 0 Å². The quantitative estimate of drug-likeness (QED) is 0.279. The first-order chi connectivity index (χ1) is 12.2. The van der Waals surface area contributed by atoms with Crippen LogP contribution in [0.25, 0.3) is 0 Å². The van der Waals surface area contributed by atoms with E-state index in [1.165, 1.54) is 12.3 Å². The maximum absolute atomic E-state index is 12.1. The summed E-state index contributed by atoms with van der Waals surface area (Å²) in [6.07, 6.45) is 0.728. The number of hydrogen-bond donors (Lipinski definition) is 3. The first kappa shape index (κ1) is 20.9. The molecule has 0 aliphatic rings. The van der Waals surface area contributed by atoms with Crippen molar-refractivity contribution >= 4 is 17.7 Å². The summed E-state index contributed by atoms with van der Waals surface area (Å²) >= 11 is 0. The number of aryl methyl sites for hydroxylation is 1. The Kier molecular flexibility index (Phi) is 8.07. The molecule has 1 rings (SSSR count). The van der Waals surface area contributed by atoms with Crippen LogP contribution in [-0.2, 0) is 6.42 Å². The zero-order valence-electron chi connectivity index (χ0n) is 14.2. The van der Waals surface area contributed by atoms with Gasteiger partial charge in [0.2, 0.25) is 12.2 Å². The Balaban J connectivity index is 2.47. The lowest BCUT2D eigenvalue weighted by atomic mass is 10.2. The zero-order chi connectivity index (χ0) is 19.6. The van der Waals surface area contributed by atoms with Crippen LogP contribution in [0.3, 0.4) is 0 Å². The third-order valence-electron chi connectivity index (χ3n) is 3.09. The fourth-order valence-corrected chi connectivity index (χ4v) is 1.82. The van der Waals surface area contributed by atoms with Gasteiger partial charge in [-0.1, -0.05) is 0 Å². The molecule has 1 aromatic heterocycles. The topological polar surface area (TPSA) is 142 Å². The number of anilines is 1. The molecule has 5 N–H and O–H groups in total. The van der Waals surface area contributed by atoms with Crippen molar-refractivity contribution in [2.24, 2.45) is 21.5 Å². The van der Waals surface area contributed by atoms with Crippen LogP contribution in [0.5, 0.6) is 0 Å². The number of unbranched alkanes of at least 4 members (excludes halogenated alkanes) is 1. The molecule has 0 amide bonds. The summed E-state index contributed by atoms with van der Waals surface area (Å²) in [5, 5.41) is 10.9. The lowest BCUT2D eigenvalue weighted by molar-refractivity contribution is -0.118.